The summed E-state index contributed by atoms with van der Waals surface area (Å²) in [5.41, 5.74) is 1.89. The number of hydrogen-bond donors (Lipinski definition) is 1. The van der Waals surface area contributed by atoms with Gasteiger partial charge in [-0.05, 0) is 35.9 Å². The summed E-state index contributed by atoms with van der Waals surface area (Å²) in [6.45, 7) is 1.12. The van der Waals surface area contributed by atoms with Crippen molar-refractivity contribution in [3.8, 4) is 17.2 Å². The minimum absolute atomic E-state index is 0.481. The molecule has 0 radical (unpaired) electrons. The molecule has 1 aromatic heterocycles. The van der Waals surface area contributed by atoms with Crippen molar-refractivity contribution in [1.82, 2.24) is 15.5 Å². The molecule has 1 heterocycles. The number of ether oxygens (including phenoxy) is 1. The summed E-state index contributed by atoms with van der Waals surface area (Å²) in [7, 11) is 1.63. The van der Waals surface area contributed by atoms with E-state index in [1.807, 2.05) is 48.5 Å². The van der Waals surface area contributed by atoms with Crippen LogP contribution in [-0.2, 0) is 13.1 Å². The highest BCUT2D eigenvalue weighted by Gasteiger charge is 2.08. The summed E-state index contributed by atoms with van der Waals surface area (Å²) in [6, 6.07) is 15.2. The van der Waals surface area contributed by atoms with Gasteiger partial charge in [0.25, 0.3) is 0 Å². The summed E-state index contributed by atoms with van der Waals surface area (Å²) in [5, 5.41) is 12.1. The number of nitrogens with one attached hydrogen (secondary N) is 1. The van der Waals surface area contributed by atoms with E-state index in [2.05, 4.69) is 15.5 Å². The van der Waals surface area contributed by atoms with Crippen LogP contribution in [0.5, 0.6) is 5.75 Å². The maximum Gasteiger partial charge on any atom is 0.247 e. The summed E-state index contributed by atoms with van der Waals surface area (Å²) in [6.07, 6.45) is 0. The molecule has 0 aliphatic rings. The number of nitrogens with zero attached hydrogens (tertiary/aromatic N) is 2. The van der Waals surface area contributed by atoms with E-state index in [9.17, 15) is 0 Å². The first kappa shape index (κ1) is 15.5. The third-order valence-corrected chi connectivity index (χ3v) is 3.72. The predicted octanol–water partition coefficient (Wildman–Crippen LogP) is 3.69. The third-order valence-electron chi connectivity index (χ3n) is 3.35. The predicted molar refractivity (Wildman–Crippen MR) is 88.3 cm³/mol. The van der Waals surface area contributed by atoms with E-state index in [0.29, 0.717) is 24.9 Å². The number of hydrogen-bond acceptors (Lipinski definition) is 5. The Bertz CT molecular complexity index is 772. The zero-order valence-electron chi connectivity index (χ0n) is 12.6. The Morgan fingerprint density at radius 3 is 2.57 bits per heavy atom. The van der Waals surface area contributed by atoms with Crippen LogP contribution in [0.4, 0.5) is 0 Å². The lowest BCUT2D eigenvalue weighted by Gasteiger charge is -2.04. The molecule has 0 aliphatic heterocycles. The fourth-order valence-electron chi connectivity index (χ4n) is 2.12. The molecule has 0 atom stereocenters. The molecule has 0 unspecified atom stereocenters. The van der Waals surface area contributed by atoms with Crippen molar-refractivity contribution in [3.63, 3.8) is 0 Å². The minimum Gasteiger partial charge on any atom is -0.497 e. The summed E-state index contributed by atoms with van der Waals surface area (Å²) >= 11 is 6.11. The first-order valence-electron chi connectivity index (χ1n) is 7.17. The second-order valence-corrected chi connectivity index (χ2v) is 5.33. The quantitative estimate of drug-likeness (QED) is 0.747. The maximum atomic E-state index is 6.11. The Morgan fingerprint density at radius 1 is 1.04 bits per heavy atom. The first-order valence-corrected chi connectivity index (χ1v) is 7.55. The second-order valence-electron chi connectivity index (χ2n) is 4.92. The fraction of sp³-hybridized carbons (Fsp3) is 0.176. The normalized spacial score (nSPS) is 10.7. The number of benzene rings is 2. The monoisotopic (exact) mass is 329 g/mol. The molecule has 0 saturated heterocycles. The van der Waals surface area contributed by atoms with E-state index < -0.39 is 0 Å². The van der Waals surface area contributed by atoms with Crippen LogP contribution in [0.3, 0.4) is 0 Å². The first-order chi connectivity index (χ1) is 11.3. The van der Waals surface area contributed by atoms with Gasteiger partial charge in [0.1, 0.15) is 5.75 Å². The largest absolute Gasteiger partial charge is 0.497 e. The molecule has 0 amide bonds. The zero-order valence-corrected chi connectivity index (χ0v) is 13.4. The molecule has 0 saturated carbocycles. The molecular weight excluding hydrogens is 314 g/mol. The van der Waals surface area contributed by atoms with Gasteiger partial charge in [-0.15, -0.1) is 10.2 Å². The Labute approximate surface area is 139 Å². The average Bonchev–Trinajstić information content (AvgIpc) is 3.06. The topological polar surface area (TPSA) is 60.2 Å². The number of halogens is 1. The molecule has 0 aliphatic carbocycles. The van der Waals surface area contributed by atoms with Crippen LogP contribution in [0, 0.1) is 0 Å². The van der Waals surface area contributed by atoms with Crippen LogP contribution in [0.2, 0.25) is 5.02 Å². The van der Waals surface area contributed by atoms with Crippen molar-refractivity contribution in [3.05, 3.63) is 65.0 Å². The van der Waals surface area contributed by atoms with Crippen molar-refractivity contribution < 1.29 is 9.15 Å². The molecule has 0 bridgehead atoms. The van der Waals surface area contributed by atoms with Crippen LogP contribution >= 0.6 is 11.6 Å². The van der Waals surface area contributed by atoms with E-state index in [1.165, 1.54) is 0 Å². The lowest BCUT2D eigenvalue weighted by Crippen LogP contribution is -2.13. The Morgan fingerprint density at radius 2 is 1.83 bits per heavy atom. The molecule has 3 rings (SSSR count). The van der Waals surface area contributed by atoms with Gasteiger partial charge < -0.3 is 14.5 Å². The van der Waals surface area contributed by atoms with Crippen molar-refractivity contribution in [2.45, 2.75) is 13.1 Å². The molecule has 5 nitrogen and oxygen atoms in total. The minimum atomic E-state index is 0.481. The summed E-state index contributed by atoms with van der Waals surface area (Å²) < 4.78 is 10.8. The zero-order chi connectivity index (χ0) is 16.1. The Balaban J connectivity index is 1.60. The van der Waals surface area contributed by atoms with Crippen molar-refractivity contribution in [2.24, 2.45) is 0 Å². The standard InChI is InChI=1S/C17H16ClN3O2/c1-22-14-8-6-12(7-9-14)17-21-20-16(23-17)11-19-10-13-4-2-3-5-15(13)18/h2-9,19H,10-11H2,1H3. The van der Waals surface area contributed by atoms with Gasteiger partial charge in [0.15, 0.2) is 0 Å². The number of aromatic nitrogens is 2. The molecule has 23 heavy (non-hydrogen) atoms. The van der Waals surface area contributed by atoms with Gasteiger partial charge in [0.05, 0.1) is 13.7 Å². The van der Waals surface area contributed by atoms with Crippen molar-refractivity contribution in [2.75, 3.05) is 7.11 Å². The molecule has 0 fully saturated rings. The van der Waals surface area contributed by atoms with Gasteiger partial charge in [-0.3, -0.25) is 0 Å². The van der Waals surface area contributed by atoms with Crippen molar-refractivity contribution >= 4 is 11.6 Å². The highest BCUT2D eigenvalue weighted by atomic mass is 35.5. The smallest absolute Gasteiger partial charge is 0.247 e. The average molecular weight is 330 g/mol. The molecule has 1 N–H and O–H groups in total. The van der Waals surface area contributed by atoms with Gasteiger partial charge in [-0.25, -0.2) is 0 Å². The highest BCUT2D eigenvalue weighted by Crippen LogP contribution is 2.21. The fourth-order valence-corrected chi connectivity index (χ4v) is 2.32. The molecule has 2 aromatic carbocycles. The lowest BCUT2D eigenvalue weighted by atomic mass is 10.2. The van der Waals surface area contributed by atoms with E-state index in [1.54, 1.807) is 7.11 Å². The molecule has 3 aromatic rings. The Hall–Kier alpha value is -2.37. The van der Waals surface area contributed by atoms with Gasteiger partial charge in [-0.2, -0.15) is 0 Å². The number of methoxy groups -OCH3 is 1. The van der Waals surface area contributed by atoms with Crippen molar-refractivity contribution in [1.29, 1.82) is 0 Å². The summed E-state index contributed by atoms with van der Waals surface area (Å²) in [4.78, 5) is 0. The maximum absolute atomic E-state index is 6.11. The Kier molecular flexibility index (Phi) is 4.90. The van der Waals surface area contributed by atoms with E-state index in [4.69, 9.17) is 20.8 Å². The number of rotatable bonds is 6. The van der Waals surface area contributed by atoms with E-state index in [-0.39, 0.29) is 0 Å². The van der Waals surface area contributed by atoms with Crippen LogP contribution in [0.15, 0.2) is 52.9 Å². The van der Waals surface area contributed by atoms with Gasteiger partial charge in [0, 0.05) is 17.1 Å². The third kappa shape index (κ3) is 3.88. The molecule has 6 heteroatoms. The van der Waals surface area contributed by atoms with Gasteiger partial charge >= 0.3 is 0 Å². The summed E-state index contributed by atoms with van der Waals surface area (Å²) in [5.74, 6) is 1.81. The molecular formula is C17H16ClN3O2. The van der Waals surface area contributed by atoms with Crippen LogP contribution in [0.1, 0.15) is 11.5 Å². The van der Waals surface area contributed by atoms with E-state index >= 15 is 0 Å². The van der Waals surface area contributed by atoms with Crippen LogP contribution < -0.4 is 10.1 Å². The lowest BCUT2D eigenvalue weighted by molar-refractivity contribution is 0.415. The van der Waals surface area contributed by atoms with E-state index in [0.717, 1.165) is 21.9 Å². The molecule has 0 spiro atoms. The SMILES string of the molecule is COc1ccc(-c2nnc(CNCc3ccccc3Cl)o2)cc1. The molecule has 118 valence electrons. The van der Waals surface area contributed by atoms with Crippen LogP contribution in [0.25, 0.3) is 11.5 Å². The van der Waals surface area contributed by atoms with Gasteiger partial charge in [-0.1, -0.05) is 29.8 Å². The highest BCUT2D eigenvalue weighted by molar-refractivity contribution is 6.31. The second kappa shape index (κ2) is 7.26. The van der Waals surface area contributed by atoms with Gasteiger partial charge in [0.2, 0.25) is 11.8 Å². The van der Waals surface area contributed by atoms with Crippen LogP contribution in [-0.4, -0.2) is 17.3 Å².